The maximum Gasteiger partial charge on any atom is 0.287 e. The fraction of sp³-hybridized carbons (Fsp3) is 0.0455. The summed E-state index contributed by atoms with van der Waals surface area (Å²) >= 11 is 0. The Morgan fingerprint density at radius 3 is 2.39 bits per heavy atom. The van der Waals surface area contributed by atoms with Crippen LogP contribution in [0, 0.1) is 0 Å². The fourth-order valence-electron chi connectivity index (χ4n) is 2.97. The third-order valence-electron chi connectivity index (χ3n) is 4.39. The molecule has 4 aromatic rings. The quantitative estimate of drug-likeness (QED) is 0.482. The first kappa shape index (κ1) is 17.5. The van der Waals surface area contributed by atoms with Crippen LogP contribution in [0.4, 0.5) is 0 Å². The van der Waals surface area contributed by atoms with E-state index in [9.17, 15) is 9.59 Å². The number of hydrogen-bond acceptors (Lipinski definition) is 3. The number of aromatic nitrogens is 2. The van der Waals surface area contributed by atoms with Crippen LogP contribution < -0.4 is 10.9 Å². The standard InChI is InChI=1S/C22H18N4O2/c27-21(13-15-10-11-16-6-4-5-9-18(16)12-15)25-26-22(28)20-14-19(23-24-20)17-7-2-1-3-8-17/h1-12,14H,13H2,(H,23,24)(H,25,27)(H,26,28). The smallest absolute Gasteiger partial charge is 0.273 e. The summed E-state index contributed by atoms with van der Waals surface area (Å²) < 4.78 is 0. The number of hydrogen-bond donors (Lipinski definition) is 3. The van der Waals surface area contributed by atoms with Crippen molar-refractivity contribution < 1.29 is 9.59 Å². The van der Waals surface area contributed by atoms with E-state index in [1.807, 2.05) is 72.8 Å². The van der Waals surface area contributed by atoms with Crippen LogP contribution in [0.1, 0.15) is 16.1 Å². The van der Waals surface area contributed by atoms with Gasteiger partial charge in [0.25, 0.3) is 5.91 Å². The zero-order valence-electron chi connectivity index (χ0n) is 15.0. The Morgan fingerprint density at radius 2 is 1.57 bits per heavy atom. The van der Waals surface area contributed by atoms with E-state index < -0.39 is 5.91 Å². The van der Waals surface area contributed by atoms with Gasteiger partial charge in [-0.25, -0.2) is 0 Å². The van der Waals surface area contributed by atoms with Crippen molar-refractivity contribution in [2.24, 2.45) is 0 Å². The lowest BCUT2D eigenvalue weighted by molar-refractivity contribution is -0.121. The Bertz CT molecular complexity index is 1140. The molecule has 1 aromatic heterocycles. The third-order valence-corrected chi connectivity index (χ3v) is 4.39. The molecule has 0 fully saturated rings. The highest BCUT2D eigenvalue weighted by Gasteiger charge is 2.12. The van der Waals surface area contributed by atoms with Gasteiger partial charge in [-0.1, -0.05) is 72.8 Å². The van der Waals surface area contributed by atoms with Crippen LogP contribution in [-0.2, 0) is 11.2 Å². The van der Waals surface area contributed by atoms with Crippen LogP contribution in [0.5, 0.6) is 0 Å². The number of rotatable bonds is 4. The number of fused-ring (bicyclic) bond motifs is 1. The molecule has 0 saturated carbocycles. The number of amides is 2. The molecule has 3 aromatic carbocycles. The second kappa shape index (κ2) is 7.75. The Labute approximate surface area is 161 Å². The van der Waals surface area contributed by atoms with Gasteiger partial charge in [0, 0.05) is 5.56 Å². The molecular weight excluding hydrogens is 352 g/mol. The number of nitrogens with one attached hydrogen (secondary N) is 3. The third kappa shape index (κ3) is 3.91. The largest absolute Gasteiger partial charge is 0.287 e. The van der Waals surface area contributed by atoms with Crippen molar-refractivity contribution in [1.82, 2.24) is 21.0 Å². The molecule has 0 unspecified atom stereocenters. The summed E-state index contributed by atoms with van der Waals surface area (Å²) in [5.41, 5.74) is 7.55. The maximum atomic E-state index is 12.2. The molecule has 2 amide bonds. The van der Waals surface area contributed by atoms with Gasteiger partial charge in [-0.05, 0) is 22.4 Å². The van der Waals surface area contributed by atoms with Gasteiger partial charge in [0.1, 0.15) is 5.69 Å². The minimum Gasteiger partial charge on any atom is -0.273 e. The molecular formula is C22H18N4O2. The van der Waals surface area contributed by atoms with Gasteiger partial charge < -0.3 is 0 Å². The predicted octanol–water partition coefficient (Wildman–Crippen LogP) is 3.23. The molecule has 138 valence electrons. The number of nitrogens with zero attached hydrogens (tertiary/aromatic N) is 1. The van der Waals surface area contributed by atoms with Crippen LogP contribution in [0.25, 0.3) is 22.0 Å². The van der Waals surface area contributed by atoms with Crippen LogP contribution in [0.3, 0.4) is 0 Å². The summed E-state index contributed by atoms with van der Waals surface area (Å²) in [5.74, 6) is -0.757. The second-order valence-corrected chi connectivity index (χ2v) is 6.39. The zero-order chi connectivity index (χ0) is 19.3. The number of H-pyrrole nitrogens is 1. The van der Waals surface area contributed by atoms with E-state index in [0.717, 1.165) is 21.9 Å². The molecule has 6 nitrogen and oxygen atoms in total. The molecule has 0 aliphatic rings. The molecule has 0 radical (unpaired) electrons. The predicted molar refractivity (Wildman–Crippen MR) is 107 cm³/mol. The van der Waals surface area contributed by atoms with Gasteiger partial charge in [0.15, 0.2) is 0 Å². The molecule has 4 rings (SSSR count). The molecule has 1 heterocycles. The van der Waals surface area contributed by atoms with Crippen molar-refractivity contribution in [1.29, 1.82) is 0 Å². The van der Waals surface area contributed by atoms with Crippen molar-refractivity contribution >= 4 is 22.6 Å². The average molecular weight is 370 g/mol. The number of aromatic amines is 1. The lowest BCUT2D eigenvalue weighted by atomic mass is 10.1. The van der Waals surface area contributed by atoms with Crippen molar-refractivity contribution in [3.63, 3.8) is 0 Å². The lowest BCUT2D eigenvalue weighted by Crippen LogP contribution is -2.42. The summed E-state index contributed by atoms with van der Waals surface area (Å²) in [6.45, 7) is 0. The van der Waals surface area contributed by atoms with Crippen molar-refractivity contribution in [2.45, 2.75) is 6.42 Å². The minimum atomic E-state index is -0.457. The molecule has 0 spiro atoms. The maximum absolute atomic E-state index is 12.2. The van der Waals surface area contributed by atoms with Crippen LogP contribution >= 0.6 is 0 Å². The number of carbonyl (C=O) groups is 2. The van der Waals surface area contributed by atoms with Crippen LogP contribution in [-0.4, -0.2) is 22.0 Å². The summed E-state index contributed by atoms with van der Waals surface area (Å²) in [6, 6.07) is 25.0. The van der Waals surface area contributed by atoms with Gasteiger partial charge in [0.2, 0.25) is 5.91 Å². The van der Waals surface area contributed by atoms with Crippen LogP contribution in [0.2, 0.25) is 0 Å². The Hall–Kier alpha value is -3.93. The van der Waals surface area contributed by atoms with E-state index in [1.54, 1.807) is 6.07 Å². The summed E-state index contributed by atoms with van der Waals surface area (Å²) in [4.78, 5) is 24.4. The van der Waals surface area contributed by atoms with Crippen LogP contribution in [0.15, 0.2) is 78.9 Å². The molecule has 3 N–H and O–H groups in total. The van der Waals surface area contributed by atoms with Gasteiger partial charge in [-0.3, -0.25) is 25.5 Å². The van der Waals surface area contributed by atoms with E-state index in [2.05, 4.69) is 21.0 Å². The van der Waals surface area contributed by atoms with Gasteiger partial charge in [0.05, 0.1) is 12.1 Å². The molecule has 0 aliphatic carbocycles. The number of hydrazine groups is 1. The van der Waals surface area contributed by atoms with E-state index >= 15 is 0 Å². The molecule has 0 bridgehead atoms. The van der Waals surface area contributed by atoms with E-state index in [-0.39, 0.29) is 18.0 Å². The Morgan fingerprint density at radius 1 is 0.821 bits per heavy atom. The number of benzene rings is 3. The fourth-order valence-corrected chi connectivity index (χ4v) is 2.97. The second-order valence-electron chi connectivity index (χ2n) is 6.39. The lowest BCUT2D eigenvalue weighted by Gasteiger charge is -2.07. The minimum absolute atomic E-state index is 0.170. The topological polar surface area (TPSA) is 86.9 Å². The average Bonchev–Trinajstić information content (AvgIpc) is 3.23. The zero-order valence-corrected chi connectivity index (χ0v) is 15.0. The summed E-state index contributed by atoms with van der Waals surface area (Å²) in [6.07, 6.45) is 0.170. The summed E-state index contributed by atoms with van der Waals surface area (Å²) in [5, 5.41) is 9.01. The van der Waals surface area contributed by atoms with Gasteiger partial charge in [-0.15, -0.1) is 0 Å². The first-order valence-corrected chi connectivity index (χ1v) is 8.87. The Balaban J connectivity index is 1.35. The van der Waals surface area contributed by atoms with Crippen molar-refractivity contribution in [3.8, 4) is 11.3 Å². The highest BCUT2D eigenvalue weighted by Crippen LogP contribution is 2.17. The normalized spacial score (nSPS) is 10.6. The number of carbonyl (C=O) groups excluding carboxylic acids is 2. The van der Waals surface area contributed by atoms with E-state index in [1.165, 1.54) is 0 Å². The Kier molecular flexibility index (Phi) is 4.84. The molecule has 0 saturated heterocycles. The highest BCUT2D eigenvalue weighted by molar-refractivity contribution is 5.95. The molecule has 0 aliphatic heterocycles. The highest BCUT2D eigenvalue weighted by atomic mass is 16.2. The monoisotopic (exact) mass is 370 g/mol. The summed E-state index contributed by atoms with van der Waals surface area (Å²) in [7, 11) is 0. The van der Waals surface area contributed by atoms with Gasteiger partial charge >= 0.3 is 0 Å². The van der Waals surface area contributed by atoms with E-state index in [0.29, 0.717) is 5.69 Å². The first-order chi connectivity index (χ1) is 13.7. The van der Waals surface area contributed by atoms with Crippen molar-refractivity contribution in [2.75, 3.05) is 0 Å². The molecule has 28 heavy (non-hydrogen) atoms. The van der Waals surface area contributed by atoms with E-state index in [4.69, 9.17) is 0 Å². The van der Waals surface area contributed by atoms with Crippen molar-refractivity contribution in [3.05, 3.63) is 90.1 Å². The SMILES string of the molecule is O=C(Cc1ccc2ccccc2c1)NNC(=O)c1cc(-c2ccccc2)n[nH]1. The first-order valence-electron chi connectivity index (χ1n) is 8.87. The molecule has 6 heteroatoms. The molecule has 0 atom stereocenters. The van der Waals surface area contributed by atoms with Gasteiger partial charge in [-0.2, -0.15) is 5.10 Å².